The molecule has 0 N–H and O–H groups in total. The molecule has 0 atom stereocenters. The van der Waals surface area contributed by atoms with E-state index >= 15 is 0 Å². The second-order valence-corrected chi connectivity index (χ2v) is 18.1. The molecule has 0 bridgehead atoms. The summed E-state index contributed by atoms with van der Waals surface area (Å²) in [6, 6.07) is 24.2. The first kappa shape index (κ1) is 39.6. The normalized spacial score (nSPS) is 16.7. The molecule has 1 saturated heterocycles. The minimum Gasteiger partial charge on any atom is -0.296 e. The number of nitro groups is 2. The van der Waals surface area contributed by atoms with E-state index in [-0.39, 0.29) is 78.4 Å². The van der Waals surface area contributed by atoms with Crippen molar-refractivity contribution in [3.63, 3.8) is 0 Å². The fourth-order valence-electron chi connectivity index (χ4n) is 5.76. The Morgan fingerprint density at radius 2 is 0.811 bits per heavy atom. The van der Waals surface area contributed by atoms with Crippen LogP contribution in [-0.2, 0) is 36.6 Å². The molecule has 0 radical (unpaired) electrons. The SMILES string of the molecule is Cc1ccc(S(=O)(=O)N2CCN(S(=O)(=O)c3ccc([N+](=O)[O-])cc3)CCN(Cc3ccccc3)CCN(S(=O)(=O)c3ccc([N+](=O)[O-])cc3)CC2)cc1. The van der Waals surface area contributed by atoms with Gasteiger partial charge < -0.3 is 0 Å². The molecule has 19 heteroatoms. The van der Waals surface area contributed by atoms with Crippen molar-refractivity contribution in [2.75, 3.05) is 52.4 Å². The number of aryl methyl sites for hydroxylation is 1. The van der Waals surface area contributed by atoms with Gasteiger partial charge in [-0.25, -0.2) is 25.3 Å². The molecule has 0 saturated carbocycles. The summed E-state index contributed by atoms with van der Waals surface area (Å²) in [5.41, 5.74) is 1.09. The third-order valence-corrected chi connectivity index (χ3v) is 14.5. The summed E-state index contributed by atoms with van der Waals surface area (Å²) in [6.45, 7) is 0.728. The molecule has 1 fully saturated rings. The van der Waals surface area contributed by atoms with Gasteiger partial charge in [-0.1, -0.05) is 48.0 Å². The second-order valence-electron chi connectivity index (χ2n) is 12.3. The summed E-state index contributed by atoms with van der Waals surface area (Å²) in [4.78, 5) is 22.6. The molecule has 16 nitrogen and oxygen atoms in total. The lowest BCUT2D eigenvalue weighted by Crippen LogP contribution is -2.49. The van der Waals surface area contributed by atoms with Crippen molar-refractivity contribution in [2.45, 2.75) is 28.2 Å². The Labute approximate surface area is 308 Å². The second kappa shape index (κ2) is 16.6. The molecular weight excluding hydrogens is 749 g/mol. The molecule has 5 rings (SSSR count). The average Bonchev–Trinajstić information content (AvgIpc) is 3.13. The lowest BCUT2D eigenvalue weighted by molar-refractivity contribution is -0.385. The first-order valence-electron chi connectivity index (χ1n) is 16.4. The number of rotatable bonds is 10. The number of benzene rings is 4. The lowest BCUT2D eigenvalue weighted by atomic mass is 10.2. The minimum atomic E-state index is -4.30. The van der Waals surface area contributed by atoms with Crippen LogP contribution in [0, 0.1) is 27.2 Å². The summed E-state index contributed by atoms with van der Waals surface area (Å²) in [5, 5.41) is 22.5. The number of hydrogen-bond donors (Lipinski definition) is 0. The van der Waals surface area contributed by atoms with Gasteiger partial charge in [-0.05, 0) is 48.9 Å². The van der Waals surface area contributed by atoms with Gasteiger partial charge in [0, 0.05) is 83.2 Å². The maximum absolute atomic E-state index is 14.1. The first-order chi connectivity index (χ1) is 25.1. The van der Waals surface area contributed by atoms with Crippen LogP contribution in [-0.4, -0.2) is 105 Å². The molecule has 0 aliphatic carbocycles. The molecule has 1 heterocycles. The van der Waals surface area contributed by atoms with Crippen molar-refractivity contribution >= 4 is 41.4 Å². The number of hydrogen-bond acceptors (Lipinski definition) is 11. The van der Waals surface area contributed by atoms with Gasteiger partial charge in [-0.3, -0.25) is 25.1 Å². The molecular formula is C34H38N6O10S3. The van der Waals surface area contributed by atoms with Gasteiger partial charge in [-0.2, -0.15) is 12.9 Å². The first-order valence-corrected chi connectivity index (χ1v) is 20.7. The zero-order chi connectivity index (χ0) is 38.4. The smallest absolute Gasteiger partial charge is 0.269 e. The molecule has 53 heavy (non-hydrogen) atoms. The Morgan fingerprint density at radius 3 is 1.15 bits per heavy atom. The van der Waals surface area contributed by atoms with E-state index in [9.17, 15) is 45.5 Å². The third-order valence-electron chi connectivity index (χ3n) is 8.81. The number of nitrogens with zero attached hydrogens (tertiary/aromatic N) is 6. The highest BCUT2D eigenvalue weighted by Gasteiger charge is 2.33. The van der Waals surface area contributed by atoms with Crippen LogP contribution < -0.4 is 0 Å². The molecule has 0 spiro atoms. The zero-order valence-corrected chi connectivity index (χ0v) is 31.1. The predicted octanol–water partition coefficient (Wildman–Crippen LogP) is 3.70. The Hall–Kier alpha value is -4.63. The van der Waals surface area contributed by atoms with E-state index in [0.29, 0.717) is 6.54 Å². The Balaban J connectivity index is 1.54. The molecule has 1 aliphatic rings. The van der Waals surface area contributed by atoms with Crippen LogP contribution in [0.2, 0.25) is 0 Å². The van der Waals surface area contributed by atoms with Crippen LogP contribution in [0.5, 0.6) is 0 Å². The Morgan fingerprint density at radius 1 is 0.491 bits per heavy atom. The number of sulfonamides is 3. The summed E-state index contributed by atoms with van der Waals surface area (Å²) in [6.07, 6.45) is 0. The van der Waals surface area contributed by atoms with E-state index in [0.717, 1.165) is 72.6 Å². The Kier molecular flexibility index (Phi) is 12.4. The summed E-state index contributed by atoms with van der Waals surface area (Å²) < 4.78 is 87.7. The van der Waals surface area contributed by atoms with Gasteiger partial charge in [0.1, 0.15) is 0 Å². The van der Waals surface area contributed by atoms with Crippen molar-refractivity contribution < 1.29 is 35.1 Å². The van der Waals surface area contributed by atoms with Crippen LogP contribution in [0.3, 0.4) is 0 Å². The maximum atomic E-state index is 14.1. The van der Waals surface area contributed by atoms with E-state index in [1.54, 1.807) is 19.1 Å². The quantitative estimate of drug-likeness (QED) is 0.168. The van der Waals surface area contributed by atoms with Crippen LogP contribution in [0.15, 0.2) is 118 Å². The van der Waals surface area contributed by atoms with Crippen LogP contribution in [0.4, 0.5) is 11.4 Å². The average molecular weight is 787 g/mol. The van der Waals surface area contributed by atoms with Crippen LogP contribution in [0.1, 0.15) is 11.1 Å². The van der Waals surface area contributed by atoms with Gasteiger partial charge in [0.25, 0.3) is 11.4 Å². The van der Waals surface area contributed by atoms with Gasteiger partial charge >= 0.3 is 0 Å². The molecule has 282 valence electrons. The fraction of sp³-hybridized carbons (Fsp3) is 0.294. The summed E-state index contributed by atoms with van der Waals surface area (Å²) in [7, 11) is -12.9. The predicted molar refractivity (Wildman–Crippen MR) is 195 cm³/mol. The molecule has 0 aromatic heterocycles. The molecule has 4 aromatic carbocycles. The number of non-ortho nitro benzene ring substituents is 2. The summed E-state index contributed by atoms with van der Waals surface area (Å²) >= 11 is 0. The van der Waals surface area contributed by atoms with Gasteiger partial charge in [-0.15, -0.1) is 0 Å². The minimum absolute atomic E-state index is 0.0706. The molecule has 0 unspecified atom stereocenters. The van der Waals surface area contributed by atoms with E-state index in [2.05, 4.69) is 0 Å². The number of nitro benzene ring substituents is 2. The van der Waals surface area contributed by atoms with E-state index in [1.165, 1.54) is 12.1 Å². The highest BCUT2D eigenvalue weighted by molar-refractivity contribution is 7.89. The van der Waals surface area contributed by atoms with E-state index in [4.69, 9.17) is 0 Å². The fourth-order valence-corrected chi connectivity index (χ4v) is 10.0. The third kappa shape index (κ3) is 9.49. The maximum Gasteiger partial charge on any atom is 0.269 e. The topological polar surface area (TPSA) is 202 Å². The van der Waals surface area contributed by atoms with Crippen molar-refractivity contribution in [3.05, 3.63) is 134 Å². The highest BCUT2D eigenvalue weighted by Crippen LogP contribution is 2.24. The van der Waals surface area contributed by atoms with Crippen LogP contribution >= 0.6 is 0 Å². The van der Waals surface area contributed by atoms with Crippen molar-refractivity contribution in [2.24, 2.45) is 0 Å². The largest absolute Gasteiger partial charge is 0.296 e. The summed E-state index contributed by atoms with van der Waals surface area (Å²) in [5.74, 6) is 0. The van der Waals surface area contributed by atoms with E-state index < -0.39 is 39.9 Å². The van der Waals surface area contributed by atoms with Gasteiger partial charge in [0.2, 0.25) is 30.1 Å². The van der Waals surface area contributed by atoms with Crippen molar-refractivity contribution in [3.8, 4) is 0 Å². The standard InChI is InChI=1S/C34H38N6O10S3/c1-28-7-13-32(14-8-28)51(45,46)38-25-23-36(52(47,48)33-15-9-30(10-16-33)39(41)42)21-19-35(27-29-5-3-2-4-6-29)20-22-37(24-26-38)53(49,50)34-17-11-31(12-18-34)40(43)44/h2-18H,19-27H2,1H3. The monoisotopic (exact) mass is 786 g/mol. The van der Waals surface area contributed by atoms with Gasteiger partial charge in [0.05, 0.1) is 24.5 Å². The molecule has 4 aromatic rings. The Bertz CT molecular complexity index is 2140. The molecule has 1 aliphatic heterocycles. The van der Waals surface area contributed by atoms with Gasteiger partial charge in [0.15, 0.2) is 0 Å². The lowest BCUT2D eigenvalue weighted by Gasteiger charge is -2.33. The zero-order valence-electron chi connectivity index (χ0n) is 28.7. The van der Waals surface area contributed by atoms with Crippen molar-refractivity contribution in [1.29, 1.82) is 0 Å². The van der Waals surface area contributed by atoms with E-state index in [1.807, 2.05) is 35.2 Å². The van der Waals surface area contributed by atoms with Crippen LogP contribution in [0.25, 0.3) is 0 Å². The highest BCUT2D eigenvalue weighted by atomic mass is 32.2. The molecule has 0 amide bonds. The van der Waals surface area contributed by atoms with Crippen molar-refractivity contribution in [1.82, 2.24) is 17.8 Å².